The minimum Gasteiger partial charge on any atom is -0.476 e. The van der Waals surface area contributed by atoms with Gasteiger partial charge < -0.3 is 21.3 Å². The van der Waals surface area contributed by atoms with E-state index in [4.69, 9.17) is 10.8 Å². The predicted molar refractivity (Wildman–Crippen MR) is 79.1 cm³/mol. The topological polar surface area (TPSA) is 108 Å². The molecule has 0 amide bonds. The van der Waals surface area contributed by atoms with Crippen molar-refractivity contribution in [1.29, 1.82) is 0 Å². The average Bonchev–Trinajstić information content (AvgIpc) is 2.45. The van der Waals surface area contributed by atoms with Crippen LogP contribution in [-0.4, -0.2) is 39.5 Å². The number of anilines is 1. The molecule has 1 heterocycles. The molecule has 0 spiro atoms. The molecule has 1 unspecified atom stereocenters. The number of carbonyl (C=O) groups is 1. The third-order valence-corrected chi connectivity index (χ3v) is 3.42. The van der Waals surface area contributed by atoms with E-state index in [0.29, 0.717) is 13.0 Å². The van der Waals surface area contributed by atoms with Crippen LogP contribution in [0.1, 0.15) is 34.2 Å². The van der Waals surface area contributed by atoms with Crippen LogP contribution in [0.25, 0.3) is 6.08 Å². The molecular formula is C14H15F6N3O3. The number of hydrogen-bond acceptors (Lipinski definition) is 5. The van der Waals surface area contributed by atoms with Crippen LogP contribution < -0.4 is 11.1 Å². The first-order valence-corrected chi connectivity index (χ1v) is 6.88. The number of aliphatic hydroxyl groups is 1. The van der Waals surface area contributed by atoms with E-state index in [-0.39, 0.29) is 0 Å². The van der Waals surface area contributed by atoms with Gasteiger partial charge in [0, 0.05) is 18.7 Å². The summed E-state index contributed by atoms with van der Waals surface area (Å²) in [4.78, 5) is 14.4. The lowest BCUT2D eigenvalue weighted by Crippen LogP contribution is -2.49. The van der Waals surface area contributed by atoms with Gasteiger partial charge in [-0.05, 0) is 6.92 Å². The van der Waals surface area contributed by atoms with E-state index in [9.17, 15) is 36.2 Å². The van der Waals surface area contributed by atoms with Crippen molar-refractivity contribution in [3.63, 3.8) is 0 Å². The van der Waals surface area contributed by atoms with Crippen molar-refractivity contribution in [2.75, 3.05) is 12.3 Å². The van der Waals surface area contributed by atoms with Gasteiger partial charge in [0.05, 0.1) is 16.9 Å². The zero-order chi connectivity index (χ0) is 20.5. The second-order valence-corrected chi connectivity index (χ2v) is 5.49. The van der Waals surface area contributed by atoms with Gasteiger partial charge in [-0.25, -0.2) is 9.78 Å². The van der Waals surface area contributed by atoms with Gasteiger partial charge in [0.1, 0.15) is 0 Å². The minimum atomic E-state index is -5.09. The van der Waals surface area contributed by atoms with Crippen molar-refractivity contribution < 1.29 is 41.4 Å². The normalized spacial score (nSPS) is 14.8. The molecule has 12 heteroatoms. The number of aromatic nitrogens is 1. The van der Waals surface area contributed by atoms with Crippen molar-refractivity contribution >= 4 is 17.7 Å². The molecular weight excluding hydrogens is 372 g/mol. The summed E-state index contributed by atoms with van der Waals surface area (Å²) in [6.45, 7) is 2.00. The lowest BCUT2D eigenvalue weighted by atomic mass is 10.0. The van der Waals surface area contributed by atoms with Gasteiger partial charge >= 0.3 is 18.3 Å². The van der Waals surface area contributed by atoms with Crippen molar-refractivity contribution in [3.8, 4) is 0 Å². The van der Waals surface area contributed by atoms with Crippen LogP contribution in [0.5, 0.6) is 0 Å². The first-order chi connectivity index (χ1) is 11.6. The Kier molecular flexibility index (Phi) is 5.94. The molecule has 1 rings (SSSR count). The molecule has 6 nitrogen and oxygen atoms in total. The van der Waals surface area contributed by atoms with Crippen LogP contribution in [-0.2, 0) is 12.7 Å². The van der Waals surface area contributed by atoms with Crippen molar-refractivity contribution in [3.05, 3.63) is 29.1 Å². The van der Waals surface area contributed by atoms with Crippen molar-refractivity contribution in [2.45, 2.75) is 31.4 Å². The van der Waals surface area contributed by atoms with E-state index < -0.39 is 65.2 Å². The van der Waals surface area contributed by atoms with Gasteiger partial charge in [-0.3, -0.25) is 0 Å². The molecule has 1 aromatic heterocycles. The highest BCUT2D eigenvalue weighted by molar-refractivity contribution is 5.90. The summed E-state index contributed by atoms with van der Waals surface area (Å²) in [6.07, 6.45) is -9.37. The van der Waals surface area contributed by atoms with E-state index in [1.165, 1.54) is 0 Å². The molecule has 1 aromatic rings. The molecule has 0 bridgehead atoms. The Labute approximate surface area is 143 Å². The SMILES string of the molecule is C=Cc1c(N)c(CNCC(C)(O)C(F)(F)F)nc(C(=O)O)c1C(F)(F)F. The number of nitrogens with zero attached hydrogens (tertiary/aromatic N) is 1. The molecule has 0 aliphatic heterocycles. The van der Waals surface area contributed by atoms with E-state index >= 15 is 0 Å². The first kappa shape index (κ1) is 21.7. The largest absolute Gasteiger partial charge is 0.476 e. The molecule has 0 radical (unpaired) electrons. The Balaban J connectivity index is 3.29. The van der Waals surface area contributed by atoms with E-state index in [1.807, 2.05) is 0 Å². The Bertz CT molecular complexity index is 713. The quantitative estimate of drug-likeness (QED) is 0.559. The molecule has 0 saturated heterocycles. The van der Waals surface area contributed by atoms with Crippen LogP contribution in [0.3, 0.4) is 0 Å². The highest BCUT2D eigenvalue weighted by Gasteiger charge is 2.49. The minimum absolute atomic E-state index is 0.428. The number of carboxylic acids is 1. The highest BCUT2D eigenvalue weighted by atomic mass is 19.4. The van der Waals surface area contributed by atoms with E-state index in [2.05, 4.69) is 16.9 Å². The lowest BCUT2D eigenvalue weighted by molar-refractivity contribution is -0.250. The molecule has 146 valence electrons. The number of nitrogens with one attached hydrogen (secondary N) is 1. The van der Waals surface area contributed by atoms with Crippen LogP contribution in [0.2, 0.25) is 0 Å². The molecule has 5 N–H and O–H groups in total. The number of alkyl halides is 6. The monoisotopic (exact) mass is 387 g/mol. The fraction of sp³-hybridized carbons (Fsp3) is 0.429. The Hall–Kier alpha value is -2.34. The number of carboxylic acid groups (broad SMARTS) is 1. The van der Waals surface area contributed by atoms with E-state index in [0.717, 1.165) is 0 Å². The molecule has 0 aromatic carbocycles. The number of hydrogen-bond donors (Lipinski definition) is 4. The second kappa shape index (κ2) is 7.11. The highest BCUT2D eigenvalue weighted by Crippen LogP contribution is 2.38. The molecule has 0 aliphatic rings. The first-order valence-electron chi connectivity index (χ1n) is 6.88. The van der Waals surface area contributed by atoms with Crippen LogP contribution in [0, 0.1) is 0 Å². The number of nitrogens with two attached hydrogens (primary N) is 1. The third-order valence-electron chi connectivity index (χ3n) is 3.42. The Morgan fingerprint density at radius 2 is 1.85 bits per heavy atom. The number of halogens is 6. The summed E-state index contributed by atoms with van der Waals surface area (Å²) >= 11 is 0. The van der Waals surface area contributed by atoms with Gasteiger partial charge in [0.25, 0.3) is 0 Å². The maximum absolute atomic E-state index is 13.1. The Morgan fingerprint density at radius 1 is 1.31 bits per heavy atom. The zero-order valence-corrected chi connectivity index (χ0v) is 13.3. The van der Waals surface area contributed by atoms with Crippen LogP contribution >= 0.6 is 0 Å². The number of aromatic carboxylic acids is 1. The van der Waals surface area contributed by atoms with Gasteiger partial charge in [-0.2, -0.15) is 26.3 Å². The molecule has 0 fully saturated rings. The molecule has 1 atom stereocenters. The summed E-state index contributed by atoms with van der Waals surface area (Å²) in [6, 6.07) is 0. The Morgan fingerprint density at radius 3 is 2.23 bits per heavy atom. The molecule has 0 saturated carbocycles. The number of pyridine rings is 1. The van der Waals surface area contributed by atoms with E-state index in [1.54, 1.807) is 0 Å². The lowest BCUT2D eigenvalue weighted by Gasteiger charge is -2.26. The standard InChI is InChI=1S/C14H15F6N3O3/c1-3-6-8(13(15,16)17)10(11(24)25)23-7(9(6)21)4-22-5-12(2,26)14(18,19)20/h3,22,26H,1,4-5,21H2,2H3,(H,24,25). The van der Waals surface area contributed by atoms with Crippen molar-refractivity contribution in [2.24, 2.45) is 0 Å². The summed E-state index contributed by atoms with van der Waals surface area (Å²) < 4.78 is 77.1. The van der Waals surface area contributed by atoms with Gasteiger partial charge in [0.15, 0.2) is 11.3 Å². The summed E-state index contributed by atoms with van der Waals surface area (Å²) in [5, 5.41) is 20.4. The zero-order valence-electron chi connectivity index (χ0n) is 13.3. The van der Waals surface area contributed by atoms with Gasteiger partial charge in [0.2, 0.25) is 0 Å². The fourth-order valence-electron chi connectivity index (χ4n) is 1.98. The number of rotatable bonds is 6. The fourth-order valence-corrected chi connectivity index (χ4v) is 1.98. The summed E-state index contributed by atoms with van der Waals surface area (Å²) in [5.74, 6) is -2.00. The van der Waals surface area contributed by atoms with Crippen LogP contribution in [0.15, 0.2) is 6.58 Å². The number of nitrogen functional groups attached to an aromatic ring is 1. The summed E-state index contributed by atoms with van der Waals surface area (Å²) in [7, 11) is 0. The maximum atomic E-state index is 13.1. The predicted octanol–water partition coefficient (Wildman–Crippen LogP) is 2.43. The van der Waals surface area contributed by atoms with Crippen molar-refractivity contribution in [1.82, 2.24) is 10.3 Å². The maximum Gasteiger partial charge on any atom is 0.419 e. The van der Waals surface area contributed by atoms with Crippen LogP contribution in [0.4, 0.5) is 32.0 Å². The van der Waals surface area contributed by atoms with Gasteiger partial charge in [-0.1, -0.05) is 12.7 Å². The third kappa shape index (κ3) is 4.43. The summed E-state index contributed by atoms with van der Waals surface area (Å²) in [5.41, 5.74) is -2.30. The smallest absolute Gasteiger partial charge is 0.419 e. The molecule has 0 aliphatic carbocycles. The molecule has 26 heavy (non-hydrogen) atoms. The van der Waals surface area contributed by atoms with Gasteiger partial charge in [-0.15, -0.1) is 0 Å². The average molecular weight is 387 g/mol. The second-order valence-electron chi connectivity index (χ2n) is 5.49.